The maximum absolute atomic E-state index is 12.0. The molecule has 7 nitrogen and oxygen atoms in total. The van der Waals surface area contributed by atoms with Crippen LogP contribution in [0.3, 0.4) is 0 Å². The second-order valence-electron chi connectivity index (χ2n) is 4.75. The first-order valence-electron chi connectivity index (χ1n) is 6.35. The van der Waals surface area contributed by atoms with Gasteiger partial charge in [-0.05, 0) is 6.07 Å². The molecule has 1 aliphatic rings. The predicted molar refractivity (Wildman–Crippen MR) is 73.8 cm³/mol. The van der Waals surface area contributed by atoms with Gasteiger partial charge >= 0.3 is 0 Å². The van der Waals surface area contributed by atoms with Crippen molar-refractivity contribution in [1.29, 1.82) is 0 Å². The zero-order chi connectivity index (χ0) is 14.7. The molecule has 7 heteroatoms. The highest BCUT2D eigenvalue weighted by Crippen LogP contribution is 2.22. The summed E-state index contributed by atoms with van der Waals surface area (Å²) in [5, 5.41) is 0. The zero-order valence-corrected chi connectivity index (χ0v) is 11.6. The van der Waals surface area contributed by atoms with Gasteiger partial charge in [-0.25, -0.2) is 0 Å². The zero-order valence-electron chi connectivity index (χ0n) is 11.6. The monoisotopic (exact) mass is 278 g/mol. The van der Waals surface area contributed by atoms with Crippen LogP contribution in [0.2, 0.25) is 0 Å². The van der Waals surface area contributed by atoms with E-state index >= 15 is 0 Å². The predicted octanol–water partition coefficient (Wildman–Crippen LogP) is -0.281. The summed E-state index contributed by atoms with van der Waals surface area (Å²) < 4.78 is 5.29. The van der Waals surface area contributed by atoms with E-state index < -0.39 is 5.91 Å². The lowest BCUT2D eigenvalue weighted by Gasteiger charge is -2.30. The molecule has 0 saturated carbocycles. The lowest BCUT2D eigenvalue weighted by molar-refractivity contribution is 0.0821. The lowest BCUT2D eigenvalue weighted by atomic mass is 10.1. The van der Waals surface area contributed by atoms with E-state index in [0.717, 1.165) is 0 Å². The van der Waals surface area contributed by atoms with E-state index in [0.29, 0.717) is 43.2 Å². The Morgan fingerprint density at radius 1 is 1.35 bits per heavy atom. The summed E-state index contributed by atoms with van der Waals surface area (Å²) in [4.78, 5) is 30.9. The molecule has 0 atom stereocenters. The topological polar surface area (TPSA) is 88.8 Å². The van der Waals surface area contributed by atoms with E-state index in [2.05, 4.69) is 4.98 Å². The second kappa shape index (κ2) is 5.87. The average molecular weight is 278 g/mol. The molecule has 2 rings (SSSR count). The average Bonchev–Trinajstić information content (AvgIpc) is 2.46. The van der Waals surface area contributed by atoms with E-state index in [1.54, 1.807) is 20.2 Å². The fourth-order valence-electron chi connectivity index (χ4n) is 2.05. The van der Waals surface area contributed by atoms with Crippen LogP contribution in [-0.4, -0.2) is 62.1 Å². The van der Waals surface area contributed by atoms with Crippen LogP contribution < -0.4 is 10.6 Å². The number of nitrogens with zero attached hydrogens (tertiary/aromatic N) is 3. The number of morpholine rings is 1. The maximum atomic E-state index is 12.0. The number of nitrogens with two attached hydrogens (primary N) is 1. The smallest absolute Gasteiger partial charge is 0.272 e. The van der Waals surface area contributed by atoms with Gasteiger partial charge in [-0.15, -0.1) is 0 Å². The number of hydrogen-bond acceptors (Lipinski definition) is 5. The van der Waals surface area contributed by atoms with Crippen LogP contribution in [0.5, 0.6) is 0 Å². The van der Waals surface area contributed by atoms with Gasteiger partial charge < -0.3 is 20.3 Å². The van der Waals surface area contributed by atoms with Crippen LogP contribution >= 0.6 is 0 Å². The Morgan fingerprint density at radius 3 is 2.55 bits per heavy atom. The van der Waals surface area contributed by atoms with Crippen LogP contribution in [0.15, 0.2) is 12.3 Å². The molecule has 0 aliphatic carbocycles. The van der Waals surface area contributed by atoms with Gasteiger partial charge in [0, 0.05) is 33.4 Å². The number of pyridine rings is 1. The van der Waals surface area contributed by atoms with Crippen molar-refractivity contribution >= 4 is 17.5 Å². The summed E-state index contributed by atoms with van der Waals surface area (Å²) in [6, 6.07) is 1.62. The number of carbonyl (C=O) groups excluding carboxylic acids is 2. The molecule has 1 aromatic rings. The highest BCUT2D eigenvalue weighted by molar-refractivity contribution is 6.00. The van der Waals surface area contributed by atoms with Crippen molar-refractivity contribution in [2.75, 3.05) is 45.3 Å². The van der Waals surface area contributed by atoms with Gasteiger partial charge in [0.2, 0.25) is 0 Å². The summed E-state index contributed by atoms with van der Waals surface area (Å²) in [7, 11) is 3.31. The van der Waals surface area contributed by atoms with Crippen molar-refractivity contribution in [3.8, 4) is 0 Å². The minimum atomic E-state index is -0.553. The molecule has 0 aromatic carbocycles. The normalized spacial score (nSPS) is 15.0. The molecule has 1 aliphatic heterocycles. The Labute approximate surface area is 117 Å². The van der Waals surface area contributed by atoms with Crippen molar-refractivity contribution in [3.05, 3.63) is 23.5 Å². The number of rotatable bonds is 3. The molecule has 2 N–H and O–H groups in total. The fourth-order valence-corrected chi connectivity index (χ4v) is 2.05. The Hall–Kier alpha value is -2.15. The molecule has 2 amide bonds. The van der Waals surface area contributed by atoms with E-state index in [4.69, 9.17) is 10.5 Å². The van der Waals surface area contributed by atoms with E-state index in [9.17, 15) is 9.59 Å². The molecular weight excluding hydrogens is 260 g/mol. The quantitative estimate of drug-likeness (QED) is 0.821. The van der Waals surface area contributed by atoms with Gasteiger partial charge in [0.15, 0.2) is 0 Å². The third-order valence-corrected chi connectivity index (χ3v) is 3.12. The summed E-state index contributed by atoms with van der Waals surface area (Å²) in [6.45, 7) is 2.47. The van der Waals surface area contributed by atoms with Gasteiger partial charge in [-0.3, -0.25) is 14.6 Å². The van der Waals surface area contributed by atoms with Crippen LogP contribution in [0.1, 0.15) is 20.8 Å². The SMILES string of the molecule is CN(C)C(=O)c1cc(N2CCOCC2)c(C(N)=O)cn1. The highest BCUT2D eigenvalue weighted by Gasteiger charge is 2.21. The molecule has 0 radical (unpaired) electrons. The molecule has 1 saturated heterocycles. The first kappa shape index (κ1) is 14.3. The van der Waals surface area contributed by atoms with Gasteiger partial charge in [-0.1, -0.05) is 0 Å². The lowest BCUT2D eigenvalue weighted by Crippen LogP contribution is -2.38. The molecule has 20 heavy (non-hydrogen) atoms. The molecule has 1 aromatic heterocycles. The van der Waals surface area contributed by atoms with E-state index in [1.165, 1.54) is 11.1 Å². The van der Waals surface area contributed by atoms with Crippen molar-refractivity contribution in [2.45, 2.75) is 0 Å². The first-order chi connectivity index (χ1) is 9.50. The maximum Gasteiger partial charge on any atom is 0.272 e. The number of amides is 2. The molecular formula is C13H18N4O3. The third-order valence-electron chi connectivity index (χ3n) is 3.12. The number of hydrogen-bond donors (Lipinski definition) is 1. The van der Waals surface area contributed by atoms with E-state index in [-0.39, 0.29) is 5.91 Å². The summed E-state index contributed by atoms with van der Waals surface area (Å²) in [5.41, 5.74) is 6.63. The van der Waals surface area contributed by atoms with E-state index in [1.807, 2.05) is 4.90 Å². The molecule has 108 valence electrons. The van der Waals surface area contributed by atoms with Crippen LogP contribution in [0.4, 0.5) is 5.69 Å². The van der Waals surface area contributed by atoms with Crippen molar-refractivity contribution in [1.82, 2.24) is 9.88 Å². The van der Waals surface area contributed by atoms with Crippen molar-refractivity contribution in [2.24, 2.45) is 5.73 Å². The number of anilines is 1. The van der Waals surface area contributed by atoms with Gasteiger partial charge in [0.05, 0.1) is 24.5 Å². The van der Waals surface area contributed by atoms with Crippen LogP contribution in [0.25, 0.3) is 0 Å². The summed E-state index contributed by atoms with van der Waals surface area (Å²) in [5.74, 6) is -0.765. The second-order valence-corrected chi connectivity index (χ2v) is 4.75. The standard InChI is InChI=1S/C13H18N4O3/c1-16(2)13(19)10-7-11(9(8-15-10)12(14)18)17-3-5-20-6-4-17/h7-8H,3-6H2,1-2H3,(H2,14,18). The molecule has 0 unspecified atom stereocenters. The Bertz CT molecular complexity index is 524. The van der Waals surface area contributed by atoms with Crippen molar-refractivity contribution in [3.63, 3.8) is 0 Å². The fraction of sp³-hybridized carbons (Fsp3) is 0.462. The van der Waals surface area contributed by atoms with Crippen LogP contribution in [0, 0.1) is 0 Å². The summed E-state index contributed by atoms with van der Waals surface area (Å²) in [6.07, 6.45) is 1.36. The van der Waals surface area contributed by atoms with Gasteiger partial charge in [-0.2, -0.15) is 0 Å². The minimum absolute atomic E-state index is 0.212. The summed E-state index contributed by atoms with van der Waals surface area (Å²) >= 11 is 0. The molecule has 1 fully saturated rings. The third kappa shape index (κ3) is 2.88. The highest BCUT2D eigenvalue weighted by atomic mass is 16.5. The first-order valence-corrected chi connectivity index (χ1v) is 6.35. The Balaban J connectivity index is 2.41. The number of aromatic nitrogens is 1. The largest absolute Gasteiger partial charge is 0.378 e. The Morgan fingerprint density at radius 2 is 2.00 bits per heavy atom. The molecule has 2 heterocycles. The van der Waals surface area contributed by atoms with Crippen LogP contribution in [-0.2, 0) is 4.74 Å². The Kier molecular flexibility index (Phi) is 4.19. The van der Waals surface area contributed by atoms with Gasteiger partial charge in [0.1, 0.15) is 5.69 Å². The molecule has 0 bridgehead atoms. The number of primary amides is 1. The number of ether oxygens (including phenoxy) is 1. The molecule has 0 spiro atoms. The van der Waals surface area contributed by atoms with Gasteiger partial charge in [0.25, 0.3) is 11.8 Å². The number of carbonyl (C=O) groups is 2. The minimum Gasteiger partial charge on any atom is -0.378 e. The van der Waals surface area contributed by atoms with Crippen molar-refractivity contribution < 1.29 is 14.3 Å².